The number of thiocarbonyl (C=S) groups is 1. The Hall–Kier alpha value is -3.23. The van der Waals surface area contributed by atoms with Crippen molar-refractivity contribution in [3.05, 3.63) is 101 Å². The molecule has 5 rings (SSSR count). The summed E-state index contributed by atoms with van der Waals surface area (Å²) in [5.74, 6) is 1.69. The standard InChI is InChI=1S/C25H19BrFN3O2S/c1-31-21-8-3-2-7-19(21)30-24(23(29-25(30)33)18-6-4-5-13-28-18)22-12-11-20(32-22)16-10-9-15(27)14-17(16)26/h2-14,23-24H,1H3,(H,29,33)/t23-,24-/m1/s1. The van der Waals surface area contributed by atoms with Crippen LogP contribution in [0.5, 0.6) is 5.75 Å². The smallest absolute Gasteiger partial charge is 0.174 e. The molecule has 2 atom stereocenters. The van der Waals surface area contributed by atoms with Crippen molar-refractivity contribution in [1.82, 2.24) is 10.3 Å². The predicted molar refractivity (Wildman–Crippen MR) is 133 cm³/mol. The Kier molecular flexibility index (Phi) is 5.86. The Balaban J connectivity index is 1.63. The largest absolute Gasteiger partial charge is 0.495 e. The van der Waals surface area contributed by atoms with Crippen molar-refractivity contribution in [3.63, 3.8) is 0 Å². The van der Waals surface area contributed by atoms with Crippen LogP contribution in [0, 0.1) is 5.82 Å². The van der Waals surface area contributed by atoms with Gasteiger partial charge in [0.05, 0.1) is 24.5 Å². The van der Waals surface area contributed by atoms with E-state index in [1.165, 1.54) is 12.1 Å². The summed E-state index contributed by atoms with van der Waals surface area (Å²) < 4.78 is 26.2. The lowest BCUT2D eigenvalue weighted by Gasteiger charge is -2.27. The molecule has 33 heavy (non-hydrogen) atoms. The van der Waals surface area contributed by atoms with Crippen molar-refractivity contribution in [2.24, 2.45) is 0 Å². The Morgan fingerprint density at radius 3 is 2.67 bits per heavy atom. The lowest BCUT2D eigenvalue weighted by atomic mass is 10.0. The summed E-state index contributed by atoms with van der Waals surface area (Å²) in [6.45, 7) is 0. The number of para-hydroxylation sites is 2. The van der Waals surface area contributed by atoms with E-state index >= 15 is 0 Å². The number of hydrogen-bond acceptors (Lipinski definition) is 4. The molecule has 4 aromatic rings. The van der Waals surface area contributed by atoms with Crippen molar-refractivity contribution < 1.29 is 13.5 Å². The summed E-state index contributed by atoms with van der Waals surface area (Å²) in [7, 11) is 1.63. The molecule has 1 N–H and O–H groups in total. The van der Waals surface area contributed by atoms with Crippen LogP contribution in [0.3, 0.4) is 0 Å². The third kappa shape index (κ3) is 4.00. The van der Waals surface area contributed by atoms with Crippen LogP contribution in [-0.4, -0.2) is 17.2 Å². The molecule has 2 aromatic carbocycles. The monoisotopic (exact) mass is 523 g/mol. The molecule has 166 valence electrons. The first-order valence-electron chi connectivity index (χ1n) is 10.3. The Bertz CT molecular complexity index is 1310. The molecular formula is C25H19BrFN3O2S. The second-order valence-electron chi connectivity index (χ2n) is 7.49. The summed E-state index contributed by atoms with van der Waals surface area (Å²) in [5.41, 5.74) is 2.42. The molecule has 0 bridgehead atoms. The maximum Gasteiger partial charge on any atom is 0.174 e. The number of nitrogens with one attached hydrogen (secondary N) is 1. The highest BCUT2D eigenvalue weighted by Gasteiger charge is 2.43. The van der Waals surface area contributed by atoms with Crippen LogP contribution in [0.2, 0.25) is 0 Å². The first kappa shape index (κ1) is 21.6. The molecule has 1 fully saturated rings. The summed E-state index contributed by atoms with van der Waals surface area (Å²) in [6.07, 6.45) is 1.76. The Morgan fingerprint density at radius 1 is 1.09 bits per heavy atom. The molecule has 5 nitrogen and oxygen atoms in total. The summed E-state index contributed by atoms with van der Waals surface area (Å²) >= 11 is 9.19. The van der Waals surface area contributed by atoms with Crippen LogP contribution in [0.1, 0.15) is 23.5 Å². The number of nitrogens with zero attached hydrogens (tertiary/aromatic N) is 2. The first-order valence-corrected chi connectivity index (χ1v) is 11.5. The topological polar surface area (TPSA) is 50.5 Å². The van der Waals surface area contributed by atoms with Crippen molar-refractivity contribution in [1.29, 1.82) is 0 Å². The molecule has 0 unspecified atom stereocenters. The van der Waals surface area contributed by atoms with E-state index in [4.69, 9.17) is 21.4 Å². The zero-order valence-electron chi connectivity index (χ0n) is 17.5. The number of hydrogen-bond donors (Lipinski definition) is 1. The second kappa shape index (κ2) is 8.96. The van der Waals surface area contributed by atoms with E-state index in [1.807, 2.05) is 59.5 Å². The molecule has 1 aliphatic heterocycles. The lowest BCUT2D eigenvalue weighted by Crippen LogP contribution is -2.29. The molecule has 0 spiro atoms. The van der Waals surface area contributed by atoms with E-state index in [0.717, 1.165) is 16.9 Å². The number of methoxy groups -OCH3 is 1. The highest BCUT2D eigenvalue weighted by Crippen LogP contribution is 2.45. The third-order valence-electron chi connectivity index (χ3n) is 5.56. The van der Waals surface area contributed by atoms with Gasteiger partial charge in [-0.2, -0.15) is 0 Å². The number of pyridine rings is 1. The van der Waals surface area contributed by atoms with Crippen LogP contribution < -0.4 is 15.0 Å². The minimum absolute atomic E-state index is 0.251. The fourth-order valence-corrected chi connectivity index (χ4v) is 4.96. The quantitative estimate of drug-likeness (QED) is 0.304. The minimum atomic E-state index is -0.323. The number of anilines is 1. The number of halogens is 2. The van der Waals surface area contributed by atoms with Gasteiger partial charge < -0.3 is 19.4 Å². The fraction of sp³-hybridized carbons (Fsp3) is 0.120. The fourth-order valence-electron chi connectivity index (χ4n) is 4.08. The third-order valence-corrected chi connectivity index (χ3v) is 6.53. The maximum atomic E-state index is 13.6. The molecule has 0 radical (unpaired) electrons. The van der Waals surface area contributed by atoms with Gasteiger partial charge in [-0.1, -0.05) is 18.2 Å². The van der Waals surface area contributed by atoms with Crippen LogP contribution >= 0.6 is 28.1 Å². The molecule has 2 aromatic heterocycles. The number of benzene rings is 2. The summed E-state index contributed by atoms with van der Waals surface area (Å²) in [5, 5.41) is 3.95. The van der Waals surface area contributed by atoms with Crippen LogP contribution in [0.15, 0.2) is 87.9 Å². The van der Waals surface area contributed by atoms with E-state index in [0.29, 0.717) is 26.9 Å². The van der Waals surface area contributed by atoms with Gasteiger partial charge in [0.15, 0.2) is 5.11 Å². The van der Waals surface area contributed by atoms with E-state index in [1.54, 1.807) is 19.4 Å². The van der Waals surface area contributed by atoms with Gasteiger partial charge in [0.2, 0.25) is 0 Å². The van der Waals surface area contributed by atoms with Gasteiger partial charge in [0.25, 0.3) is 0 Å². The Labute approximate surface area is 204 Å². The maximum absolute atomic E-state index is 13.6. The van der Waals surface area contributed by atoms with Crippen molar-refractivity contribution >= 4 is 38.9 Å². The summed E-state index contributed by atoms with van der Waals surface area (Å²) in [6, 6.07) is 21.2. The second-order valence-corrected chi connectivity index (χ2v) is 8.74. The van der Waals surface area contributed by atoms with Gasteiger partial charge in [0, 0.05) is 16.2 Å². The average Bonchev–Trinajstić information content (AvgIpc) is 3.44. The molecule has 1 aliphatic rings. The molecular weight excluding hydrogens is 505 g/mol. The zero-order valence-corrected chi connectivity index (χ0v) is 19.9. The molecule has 0 amide bonds. The molecule has 3 heterocycles. The van der Waals surface area contributed by atoms with Crippen LogP contribution in [0.4, 0.5) is 10.1 Å². The minimum Gasteiger partial charge on any atom is -0.495 e. The number of aromatic nitrogens is 1. The molecule has 0 aliphatic carbocycles. The first-order chi connectivity index (χ1) is 16.1. The van der Waals surface area contributed by atoms with E-state index in [-0.39, 0.29) is 17.9 Å². The summed E-state index contributed by atoms with van der Waals surface area (Å²) in [4.78, 5) is 6.56. The Morgan fingerprint density at radius 2 is 1.91 bits per heavy atom. The molecule has 0 saturated carbocycles. The normalized spacial score (nSPS) is 17.8. The van der Waals surface area contributed by atoms with E-state index in [2.05, 4.69) is 26.2 Å². The predicted octanol–water partition coefficient (Wildman–Crippen LogP) is 6.43. The number of furan rings is 1. The zero-order chi connectivity index (χ0) is 22.9. The van der Waals surface area contributed by atoms with Crippen molar-refractivity contribution in [2.45, 2.75) is 12.1 Å². The van der Waals surface area contributed by atoms with Gasteiger partial charge in [-0.05, 0) is 82.7 Å². The average molecular weight is 524 g/mol. The number of ether oxygens (including phenoxy) is 1. The van der Waals surface area contributed by atoms with Gasteiger partial charge >= 0.3 is 0 Å². The highest BCUT2D eigenvalue weighted by atomic mass is 79.9. The van der Waals surface area contributed by atoms with Crippen molar-refractivity contribution in [2.75, 3.05) is 12.0 Å². The van der Waals surface area contributed by atoms with E-state index < -0.39 is 0 Å². The van der Waals surface area contributed by atoms with Gasteiger partial charge in [-0.25, -0.2) is 4.39 Å². The van der Waals surface area contributed by atoms with Crippen molar-refractivity contribution in [3.8, 4) is 17.1 Å². The lowest BCUT2D eigenvalue weighted by molar-refractivity contribution is 0.409. The highest BCUT2D eigenvalue weighted by molar-refractivity contribution is 9.10. The molecule has 1 saturated heterocycles. The van der Waals surface area contributed by atoms with Gasteiger partial charge in [-0.15, -0.1) is 0 Å². The molecule has 8 heteroatoms. The van der Waals surface area contributed by atoms with Crippen LogP contribution in [0.25, 0.3) is 11.3 Å². The number of rotatable bonds is 5. The van der Waals surface area contributed by atoms with E-state index in [9.17, 15) is 4.39 Å². The van der Waals surface area contributed by atoms with Crippen LogP contribution in [-0.2, 0) is 0 Å². The van der Waals surface area contributed by atoms with Gasteiger partial charge in [0.1, 0.15) is 29.1 Å². The van der Waals surface area contributed by atoms with Gasteiger partial charge in [-0.3, -0.25) is 4.98 Å². The SMILES string of the molecule is COc1ccccc1N1C(=S)N[C@H](c2ccccn2)[C@H]1c1ccc(-c2ccc(F)cc2Br)o1.